The summed E-state index contributed by atoms with van der Waals surface area (Å²) in [6, 6.07) is 8.01. The second kappa shape index (κ2) is 11.9. The van der Waals surface area contributed by atoms with Crippen molar-refractivity contribution in [2.75, 3.05) is 11.9 Å². The smallest absolute Gasteiger partial charge is 0.405 e. The van der Waals surface area contributed by atoms with Crippen LogP contribution in [0.25, 0.3) is 11.1 Å². The van der Waals surface area contributed by atoms with Crippen molar-refractivity contribution in [3.63, 3.8) is 0 Å². The zero-order valence-corrected chi connectivity index (χ0v) is 22.7. The predicted molar refractivity (Wildman–Crippen MR) is 141 cm³/mol. The Morgan fingerprint density at radius 2 is 1.80 bits per heavy atom. The molecule has 3 rings (SSSR count). The van der Waals surface area contributed by atoms with E-state index >= 15 is 0 Å². The van der Waals surface area contributed by atoms with Gasteiger partial charge in [0.05, 0.1) is 5.69 Å². The standard InChI is InChI=1S/C26H40N4O4Si/c1-18-23(19(2)30(29-18)17-34-15-16-35(3,4)5)20-11-13-22(14-12-20)27-25(31)24(28-26(32)33)21-9-7-6-8-10-21/h11-14,21,24,28H,6-10,15-17H2,1-5H3,(H,27,31)(H,32,33). The lowest BCUT2D eigenvalue weighted by molar-refractivity contribution is -0.119. The Hall–Kier alpha value is -2.65. The van der Waals surface area contributed by atoms with Crippen LogP contribution in [-0.4, -0.2) is 47.6 Å². The number of hydrogen-bond acceptors (Lipinski definition) is 4. The number of carbonyl (C=O) groups excluding carboxylic acids is 1. The van der Waals surface area contributed by atoms with E-state index in [4.69, 9.17) is 4.74 Å². The molecule has 1 saturated carbocycles. The first-order chi connectivity index (χ1) is 16.5. The summed E-state index contributed by atoms with van der Waals surface area (Å²) >= 11 is 0. The monoisotopic (exact) mass is 500 g/mol. The van der Waals surface area contributed by atoms with Crippen LogP contribution in [0.5, 0.6) is 0 Å². The third-order valence-electron chi connectivity index (χ3n) is 6.72. The number of ether oxygens (including phenoxy) is 1. The maximum atomic E-state index is 12.9. The van der Waals surface area contributed by atoms with Crippen molar-refractivity contribution in [3.8, 4) is 11.1 Å². The lowest BCUT2D eigenvalue weighted by atomic mass is 9.83. The SMILES string of the molecule is Cc1nn(COCC[Si](C)(C)C)c(C)c1-c1ccc(NC(=O)C(NC(=O)O)C2CCCCC2)cc1. The molecule has 9 heteroatoms. The van der Waals surface area contributed by atoms with E-state index in [1.54, 1.807) is 0 Å². The van der Waals surface area contributed by atoms with Crippen LogP contribution in [0.1, 0.15) is 43.5 Å². The third kappa shape index (κ3) is 7.67. The first-order valence-corrected chi connectivity index (χ1v) is 16.3. The molecule has 0 bridgehead atoms. The molecule has 2 aromatic rings. The number of carbonyl (C=O) groups is 2. The highest BCUT2D eigenvalue weighted by Crippen LogP contribution is 2.29. The number of hydrogen-bond donors (Lipinski definition) is 3. The fourth-order valence-corrected chi connectivity index (χ4v) is 5.46. The molecule has 1 atom stereocenters. The number of anilines is 1. The van der Waals surface area contributed by atoms with Crippen molar-refractivity contribution in [2.24, 2.45) is 5.92 Å². The number of nitrogens with zero attached hydrogens (tertiary/aromatic N) is 2. The molecule has 0 saturated heterocycles. The van der Waals surface area contributed by atoms with E-state index < -0.39 is 20.2 Å². The van der Waals surface area contributed by atoms with Gasteiger partial charge in [0.1, 0.15) is 12.8 Å². The summed E-state index contributed by atoms with van der Waals surface area (Å²) in [5.74, 6) is -0.272. The molecule has 1 aromatic carbocycles. The summed E-state index contributed by atoms with van der Waals surface area (Å²) in [4.78, 5) is 24.2. The number of amides is 2. The van der Waals surface area contributed by atoms with Crippen molar-refractivity contribution >= 4 is 25.8 Å². The van der Waals surface area contributed by atoms with Crippen LogP contribution >= 0.6 is 0 Å². The van der Waals surface area contributed by atoms with Gasteiger partial charge in [-0.15, -0.1) is 0 Å². The maximum absolute atomic E-state index is 12.9. The van der Waals surface area contributed by atoms with Crippen LogP contribution in [0.4, 0.5) is 10.5 Å². The molecule has 0 radical (unpaired) electrons. The molecule has 1 heterocycles. The molecule has 2 amide bonds. The van der Waals surface area contributed by atoms with Gasteiger partial charge in [-0.3, -0.25) is 4.79 Å². The minimum atomic E-state index is -1.17. The van der Waals surface area contributed by atoms with Crippen LogP contribution in [-0.2, 0) is 16.3 Å². The predicted octanol–water partition coefficient (Wildman–Crippen LogP) is 5.63. The average molecular weight is 501 g/mol. The molecule has 192 valence electrons. The van der Waals surface area contributed by atoms with Gasteiger partial charge >= 0.3 is 6.09 Å². The molecular formula is C26H40N4O4Si. The van der Waals surface area contributed by atoms with E-state index in [-0.39, 0.29) is 11.8 Å². The number of rotatable bonds is 10. The van der Waals surface area contributed by atoms with Gasteiger partial charge in [-0.05, 0) is 56.3 Å². The molecule has 1 aliphatic carbocycles. The summed E-state index contributed by atoms with van der Waals surface area (Å²) in [6.45, 7) is 12.2. The summed E-state index contributed by atoms with van der Waals surface area (Å²) in [5.41, 5.74) is 4.68. The highest BCUT2D eigenvalue weighted by Gasteiger charge is 2.31. The van der Waals surface area contributed by atoms with Crippen molar-refractivity contribution in [2.45, 2.75) is 84.4 Å². The highest BCUT2D eigenvalue weighted by atomic mass is 28.3. The van der Waals surface area contributed by atoms with Gasteiger partial charge in [-0.2, -0.15) is 5.10 Å². The number of aryl methyl sites for hydroxylation is 1. The van der Waals surface area contributed by atoms with Crippen LogP contribution in [0.15, 0.2) is 24.3 Å². The van der Waals surface area contributed by atoms with Crippen molar-refractivity contribution in [1.82, 2.24) is 15.1 Å². The number of aromatic nitrogens is 2. The average Bonchev–Trinajstić information content (AvgIpc) is 3.08. The van der Waals surface area contributed by atoms with Gasteiger partial charge in [0.15, 0.2) is 0 Å². The Labute approximate surface area is 209 Å². The van der Waals surface area contributed by atoms with E-state index in [0.717, 1.165) is 67.3 Å². The minimum absolute atomic E-state index is 0.0308. The summed E-state index contributed by atoms with van der Waals surface area (Å²) in [7, 11) is -1.13. The summed E-state index contributed by atoms with van der Waals surface area (Å²) in [6.07, 6.45) is 3.75. The molecule has 35 heavy (non-hydrogen) atoms. The molecule has 0 spiro atoms. The second-order valence-electron chi connectivity index (χ2n) is 10.8. The first-order valence-electron chi connectivity index (χ1n) is 12.6. The lowest BCUT2D eigenvalue weighted by Gasteiger charge is -2.29. The van der Waals surface area contributed by atoms with Gasteiger partial charge in [0, 0.05) is 31.6 Å². The number of benzene rings is 1. The fourth-order valence-electron chi connectivity index (χ4n) is 4.71. The largest absolute Gasteiger partial charge is 0.465 e. The van der Waals surface area contributed by atoms with Gasteiger partial charge < -0.3 is 20.5 Å². The Kier molecular flexibility index (Phi) is 9.13. The normalized spacial score (nSPS) is 15.6. The zero-order valence-electron chi connectivity index (χ0n) is 21.7. The fraction of sp³-hybridized carbons (Fsp3) is 0.577. The van der Waals surface area contributed by atoms with Crippen molar-refractivity contribution in [1.29, 1.82) is 0 Å². The van der Waals surface area contributed by atoms with Crippen LogP contribution < -0.4 is 10.6 Å². The minimum Gasteiger partial charge on any atom is -0.465 e. The molecular weight excluding hydrogens is 460 g/mol. The quantitative estimate of drug-likeness (QED) is 0.289. The van der Waals surface area contributed by atoms with E-state index in [0.29, 0.717) is 12.4 Å². The Bertz CT molecular complexity index is 1010. The van der Waals surface area contributed by atoms with Crippen molar-refractivity contribution < 1.29 is 19.4 Å². The summed E-state index contributed by atoms with van der Waals surface area (Å²) < 4.78 is 7.78. The first kappa shape index (κ1) is 26.9. The van der Waals surface area contributed by atoms with Crippen LogP contribution in [0, 0.1) is 19.8 Å². The van der Waals surface area contributed by atoms with Crippen LogP contribution in [0.3, 0.4) is 0 Å². The molecule has 1 fully saturated rings. The van der Waals surface area contributed by atoms with Gasteiger partial charge in [-0.1, -0.05) is 51.0 Å². The molecule has 8 nitrogen and oxygen atoms in total. The van der Waals surface area contributed by atoms with E-state index in [1.807, 2.05) is 42.8 Å². The lowest BCUT2D eigenvalue weighted by Crippen LogP contribution is -2.48. The third-order valence-corrected chi connectivity index (χ3v) is 8.42. The molecule has 1 aliphatic rings. The second-order valence-corrected chi connectivity index (χ2v) is 16.4. The molecule has 3 N–H and O–H groups in total. The van der Waals surface area contributed by atoms with Gasteiger partial charge in [0.25, 0.3) is 0 Å². The maximum Gasteiger partial charge on any atom is 0.405 e. The van der Waals surface area contributed by atoms with Crippen molar-refractivity contribution in [3.05, 3.63) is 35.7 Å². The van der Waals surface area contributed by atoms with E-state index in [9.17, 15) is 14.7 Å². The summed E-state index contributed by atoms with van der Waals surface area (Å²) in [5, 5.41) is 19.2. The topological polar surface area (TPSA) is 105 Å². The van der Waals surface area contributed by atoms with E-state index in [2.05, 4.69) is 35.4 Å². The Balaban J connectivity index is 1.66. The number of carboxylic acid groups (broad SMARTS) is 1. The molecule has 1 aromatic heterocycles. The van der Waals surface area contributed by atoms with Gasteiger partial charge in [-0.25, -0.2) is 9.48 Å². The molecule has 0 aliphatic heterocycles. The Morgan fingerprint density at radius 1 is 1.14 bits per heavy atom. The van der Waals surface area contributed by atoms with Gasteiger partial charge in [0.2, 0.25) is 5.91 Å². The number of nitrogens with one attached hydrogen (secondary N) is 2. The van der Waals surface area contributed by atoms with E-state index in [1.165, 1.54) is 0 Å². The highest BCUT2D eigenvalue weighted by molar-refractivity contribution is 6.76. The molecule has 1 unspecified atom stereocenters. The zero-order chi connectivity index (χ0) is 25.6. The van der Waals surface area contributed by atoms with Crippen LogP contribution in [0.2, 0.25) is 25.7 Å². The Morgan fingerprint density at radius 3 is 2.40 bits per heavy atom.